The third kappa shape index (κ3) is 94.3. The molecule has 41 heteroatoms. The van der Waals surface area contributed by atoms with Crippen LogP contribution in [0.1, 0.15) is 7.43 Å². The second-order valence-electron chi connectivity index (χ2n) is 4.35. The van der Waals surface area contributed by atoms with Gasteiger partial charge in [0.1, 0.15) is 0 Å². The van der Waals surface area contributed by atoms with E-state index in [2.05, 4.69) is 88.0 Å². The van der Waals surface area contributed by atoms with Crippen LogP contribution in [0.4, 0.5) is 0 Å². The van der Waals surface area contributed by atoms with E-state index in [1.54, 1.807) is 0 Å². The van der Waals surface area contributed by atoms with Crippen LogP contribution >= 0.6 is 76.4 Å². The fourth-order valence-electron chi connectivity index (χ4n) is 1.03. The Kier molecular flexibility index (Phi) is 150. The molecule has 2 fully saturated rings. The van der Waals surface area contributed by atoms with Crippen LogP contribution in [-0.2, 0) is 14.5 Å². The molecule has 2 saturated heterocycles. The van der Waals surface area contributed by atoms with E-state index in [0.717, 1.165) is 11.5 Å². The van der Waals surface area contributed by atoms with Crippen LogP contribution in [0.2, 0.25) is 0 Å². The van der Waals surface area contributed by atoms with Gasteiger partial charge in [-0.05, 0) is 11.5 Å². The Morgan fingerprint density at radius 2 is 0.780 bits per heavy atom. The number of thiol groups is 2. The molecule has 17 N–H and O–H groups in total. The first-order valence-corrected chi connectivity index (χ1v) is 49.9. The summed E-state index contributed by atoms with van der Waals surface area (Å²) in [5.74, 6) is 10.6. The summed E-state index contributed by atoms with van der Waals surface area (Å²) in [5.41, 5.74) is 0. The van der Waals surface area contributed by atoms with Crippen molar-refractivity contribution in [2.24, 2.45) is 0 Å². The van der Waals surface area contributed by atoms with E-state index < -0.39 is 127 Å². The van der Waals surface area contributed by atoms with Crippen molar-refractivity contribution in [2.45, 2.75) is 7.43 Å². The van der Waals surface area contributed by atoms with E-state index in [0.29, 0.717) is 0 Å². The number of hydrogen-bond donors (Lipinski definition) is 3. The van der Waals surface area contributed by atoms with Crippen molar-refractivity contribution in [2.75, 3.05) is 46.0 Å². The topological polar surface area (TPSA) is 499 Å². The Hall–Kier alpha value is 5.22. The Bertz CT molecular complexity index is 603. The van der Waals surface area contributed by atoms with Crippen molar-refractivity contribution in [3.8, 4) is 0 Å². The Morgan fingerprint density at radius 1 is 0.600 bits per heavy atom. The zero-order valence-electron chi connectivity index (χ0n) is 23.7. The maximum absolute atomic E-state index is 9.31. The number of rotatable bonds is 14. The molecule has 0 bridgehead atoms. The first-order valence-electron chi connectivity index (χ1n) is 8.76. The standard InChI is InChI=1S/4C2H6S2.CH4.7Bi.4NO3.9H2O.O/c4*3-1-2-4;;;;;;;;;4*2-1(3)4;;;;;;;;;;/h4*3-4H,1-2H2;1H4;;;;;;;;;;;;9*1H2;/q;;;;;;;+1;2*+2;2*+3;4*-1;;;;;;;;;;/p-7. The van der Waals surface area contributed by atoms with Gasteiger partial charge in [0.2, 0.25) is 0 Å². The summed E-state index contributed by atoms with van der Waals surface area (Å²) in [6.45, 7) is 0. The molecular formula is C9H39Bi7N4O22S8. The van der Waals surface area contributed by atoms with Crippen LogP contribution in [0.5, 0.6) is 0 Å². The molecule has 0 spiro atoms. The number of hydrogen-bond acceptors (Lipinski definition) is 21. The monoisotopic (exact) mass is 2270 g/mol. The summed E-state index contributed by atoms with van der Waals surface area (Å²) in [6, 6.07) is 0. The predicted molar refractivity (Wildman–Crippen MR) is 214 cm³/mol. The molecule has 2 heterocycles. The van der Waals surface area contributed by atoms with Gasteiger partial charge in [-0.25, -0.2) is 0 Å². The van der Waals surface area contributed by atoms with Gasteiger partial charge in [0, 0.05) is 52.4 Å². The van der Waals surface area contributed by atoms with Gasteiger partial charge in [-0.15, -0.1) is 0 Å². The van der Waals surface area contributed by atoms with Crippen molar-refractivity contribution in [1.29, 1.82) is 0 Å². The Balaban J connectivity index is -0.0000000274. The predicted octanol–water partition coefficient (Wildman–Crippen LogP) is -5.68. The third-order valence-electron chi connectivity index (χ3n) is 1.93. The molecule has 26 nitrogen and oxygen atoms in total. The molecule has 50 heavy (non-hydrogen) atoms. The molecule has 0 atom stereocenters. The molecule has 0 amide bonds. The average molecular weight is 2270 g/mol. The summed E-state index contributed by atoms with van der Waals surface area (Å²) in [4.78, 5) is 37.2. The van der Waals surface area contributed by atoms with Crippen LogP contribution in [0, 0.1) is 40.5 Å². The van der Waals surface area contributed by atoms with E-state index >= 15 is 0 Å². The molecular weight excluding hydrogens is 2240 g/mol. The van der Waals surface area contributed by atoms with Gasteiger partial charge in [-0.3, -0.25) is 0 Å². The second-order valence-corrected chi connectivity index (χ2v) is 66.5. The molecule has 2 aliphatic rings. The van der Waals surface area contributed by atoms with Crippen molar-refractivity contribution in [1.82, 2.24) is 0 Å². The van der Waals surface area contributed by atoms with E-state index in [-0.39, 0.29) is 104 Å². The zero-order valence-corrected chi connectivity index (χ0v) is 54.7. The number of nitrogens with zero attached hydrogens (tertiary/aromatic N) is 4. The van der Waals surface area contributed by atoms with Crippen LogP contribution in [0.25, 0.3) is 0 Å². The van der Waals surface area contributed by atoms with Crippen molar-refractivity contribution < 1.29 is 81.8 Å². The molecule has 8 radical (unpaired) electrons. The molecule has 0 saturated carbocycles. The van der Waals surface area contributed by atoms with Gasteiger partial charge in [0.25, 0.3) is 0 Å². The fraction of sp³-hybridized carbons (Fsp3) is 1.00. The molecule has 0 unspecified atom stereocenters. The van der Waals surface area contributed by atoms with Crippen molar-refractivity contribution in [3.05, 3.63) is 40.5 Å². The minimum atomic E-state index is -2.41. The van der Waals surface area contributed by atoms with Crippen molar-refractivity contribution in [3.63, 3.8) is 0 Å². The SMILES string of the molecule is C.C1C[S][Bi]([S]CC[S][Bi]2[S]CC[S]2)[S]1.O.O.O.O.O.O.O.O.O=[N+]([O-])[O][Bi][O][N+](=O)[O-].O=[N+]([O-])[O][Bi][O][N+](=O)[O-].SCCS.[Bi].[Bi].[O]=[Bi][OH]. The summed E-state index contributed by atoms with van der Waals surface area (Å²) < 4.78 is 30.2. The van der Waals surface area contributed by atoms with Gasteiger partial charge >= 0.3 is 271 Å². The molecule has 2 rings (SSSR count). The van der Waals surface area contributed by atoms with Gasteiger partial charge in [-0.2, -0.15) is 25.3 Å². The van der Waals surface area contributed by atoms with E-state index in [9.17, 15) is 40.5 Å². The molecule has 2 aliphatic heterocycles. The van der Waals surface area contributed by atoms with Gasteiger partial charge in [0.05, 0.1) is 0 Å². The molecule has 0 aromatic heterocycles. The van der Waals surface area contributed by atoms with E-state index in [4.69, 9.17) is 6.00 Å². The first kappa shape index (κ1) is 95.5. The van der Waals surface area contributed by atoms with Crippen LogP contribution in [0.15, 0.2) is 0 Å². The van der Waals surface area contributed by atoms with Crippen LogP contribution in [0.3, 0.4) is 0 Å². The Labute approximate surface area is 403 Å². The molecule has 310 valence electrons. The van der Waals surface area contributed by atoms with Crippen molar-refractivity contribution >= 4 is 235 Å². The van der Waals surface area contributed by atoms with Gasteiger partial charge in [0.15, 0.2) is 0 Å². The molecule has 0 aromatic carbocycles. The summed E-state index contributed by atoms with van der Waals surface area (Å²) >= 11 is -1.20. The second kappa shape index (κ2) is 78.5. The van der Waals surface area contributed by atoms with Gasteiger partial charge < -0.3 is 43.8 Å². The zero-order chi connectivity index (χ0) is 30.3. The summed E-state index contributed by atoms with van der Waals surface area (Å²) in [6.07, 6.45) is 0. The van der Waals surface area contributed by atoms with Gasteiger partial charge in [-0.1, -0.05) is 7.43 Å². The average Bonchev–Trinajstić information content (AvgIpc) is 3.57. The fourth-order valence-corrected chi connectivity index (χ4v) is 71.9. The summed E-state index contributed by atoms with van der Waals surface area (Å²) in [5, 5.41) is 32.8. The minimum absolute atomic E-state index is 0. The van der Waals surface area contributed by atoms with Crippen LogP contribution in [-0.4, -0.2) is 272 Å². The molecule has 0 aliphatic carbocycles. The Morgan fingerprint density at radius 3 is 0.920 bits per heavy atom. The summed E-state index contributed by atoms with van der Waals surface area (Å²) in [7, 11) is 14.2. The normalized spacial score (nSPS) is 10.7. The van der Waals surface area contributed by atoms with E-state index in [1.165, 1.54) is 34.5 Å². The quantitative estimate of drug-likeness (QED) is 0.0480. The molecule has 0 aromatic rings. The maximum atomic E-state index is 9.31. The van der Waals surface area contributed by atoms with E-state index in [1.807, 2.05) is 0 Å². The van der Waals surface area contributed by atoms with Crippen LogP contribution < -0.4 is 0 Å². The first-order chi connectivity index (χ1) is 18.5. The third-order valence-corrected chi connectivity index (χ3v) is 71.0.